The molecule has 0 saturated carbocycles. The van der Waals surface area contributed by atoms with Gasteiger partial charge in [0, 0.05) is 32.2 Å². The fourth-order valence-electron chi connectivity index (χ4n) is 2.37. The molecule has 0 amide bonds. The summed E-state index contributed by atoms with van der Waals surface area (Å²) in [6, 6.07) is 11.1. The molecule has 1 aliphatic rings. The third-order valence-electron chi connectivity index (χ3n) is 3.26. The number of nitrogens with zero attached hydrogens (tertiary/aromatic N) is 1. The Kier molecular flexibility index (Phi) is 5.58. The number of rotatable bonds is 6. The second-order valence-corrected chi connectivity index (χ2v) is 5.34. The quantitative estimate of drug-likeness (QED) is 0.792. The number of nitrogens with one attached hydrogen (secondary N) is 1. The second kappa shape index (κ2) is 7.43. The summed E-state index contributed by atoms with van der Waals surface area (Å²) in [5, 5.41) is 3.51. The topological polar surface area (TPSA) is 24.5 Å². The lowest BCUT2D eigenvalue weighted by Crippen LogP contribution is -2.52. The first kappa shape index (κ1) is 14.3. The van der Waals surface area contributed by atoms with Crippen LogP contribution in [-0.2, 0) is 11.3 Å². The summed E-state index contributed by atoms with van der Waals surface area (Å²) >= 11 is 0. The van der Waals surface area contributed by atoms with Crippen LogP contribution in [0.1, 0.15) is 12.5 Å². The third kappa shape index (κ3) is 5.15. The van der Waals surface area contributed by atoms with Crippen LogP contribution in [0.15, 0.2) is 42.5 Å². The van der Waals surface area contributed by atoms with Crippen LogP contribution in [0.4, 0.5) is 0 Å². The number of piperazine rings is 1. The van der Waals surface area contributed by atoms with E-state index in [-0.39, 0.29) is 0 Å². The molecule has 1 atom stereocenters. The van der Waals surface area contributed by atoms with Crippen molar-refractivity contribution in [1.29, 1.82) is 0 Å². The Morgan fingerprint density at radius 2 is 2.21 bits per heavy atom. The zero-order chi connectivity index (χ0) is 13.5. The van der Waals surface area contributed by atoms with E-state index < -0.39 is 0 Å². The lowest BCUT2D eigenvalue weighted by molar-refractivity contribution is 0.0919. The van der Waals surface area contributed by atoms with Gasteiger partial charge in [0.15, 0.2) is 0 Å². The van der Waals surface area contributed by atoms with E-state index in [1.54, 1.807) is 0 Å². The van der Waals surface area contributed by atoms with E-state index in [4.69, 9.17) is 4.74 Å². The molecular weight excluding hydrogens is 236 g/mol. The van der Waals surface area contributed by atoms with Gasteiger partial charge in [0.05, 0.1) is 13.2 Å². The Hall–Kier alpha value is -1.16. The van der Waals surface area contributed by atoms with Gasteiger partial charge in [-0.1, -0.05) is 42.5 Å². The molecule has 3 heteroatoms. The second-order valence-electron chi connectivity index (χ2n) is 5.34. The summed E-state index contributed by atoms with van der Waals surface area (Å²) in [5.74, 6) is 0. The van der Waals surface area contributed by atoms with E-state index in [0.717, 1.165) is 38.4 Å². The summed E-state index contributed by atoms with van der Waals surface area (Å²) in [7, 11) is 0. The van der Waals surface area contributed by atoms with E-state index in [2.05, 4.69) is 47.1 Å². The molecule has 19 heavy (non-hydrogen) atoms. The Morgan fingerprint density at radius 1 is 1.42 bits per heavy atom. The molecule has 3 nitrogen and oxygen atoms in total. The van der Waals surface area contributed by atoms with Crippen molar-refractivity contribution in [1.82, 2.24) is 10.2 Å². The van der Waals surface area contributed by atoms with Crippen LogP contribution in [0.3, 0.4) is 0 Å². The SMILES string of the molecule is C=C(C)COC[C@@H]1CN(Cc2ccccc2)CCN1. The Bertz CT molecular complexity index is 391. The lowest BCUT2D eigenvalue weighted by atomic mass is 10.1. The molecule has 1 saturated heterocycles. The minimum Gasteiger partial charge on any atom is -0.375 e. The molecule has 0 radical (unpaired) electrons. The van der Waals surface area contributed by atoms with E-state index in [9.17, 15) is 0 Å². The maximum Gasteiger partial charge on any atom is 0.0672 e. The van der Waals surface area contributed by atoms with Crippen LogP contribution >= 0.6 is 0 Å². The first-order valence-corrected chi connectivity index (χ1v) is 6.96. The largest absolute Gasteiger partial charge is 0.375 e. The predicted octanol–water partition coefficient (Wildman–Crippen LogP) is 2.05. The monoisotopic (exact) mass is 260 g/mol. The summed E-state index contributed by atoms with van der Waals surface area (Å²) in [4.78, 5) is 2.49. The van der Waals surface area contributed by atoms with E-state index >= 15 is 0 Å². The van der Waals surface area contributed by atoms with Crippen molar-refractivity contribution in [2.24, 2.45) is 0 Å². The van der Waals surface area contributed by atoms with E-state index in [0.29, 0.717) is 12.6 Å². The maximum atomic E-state index is 5.64. The van der Waals surface area contributed by atoms with Crippen LogP contribution in [0.5, 0.6) is 0 Å². The van der Waals surface area contributed by atoms with Gasteiger partial charge in [-0.2, -0.15) is 0 Å². The first-order chi connectivity index (χ1) is 9.24. The molecule has 2 rings (SSSR count). The molecule has 1 N–H and O–H groups in total. The van der Waals surface area contributed by atoms with Crippen LogP contribution in [0, 0.1) is 0 Å². The molecule has 1 aromatic rings. The van der Waals surface area contributed by atoms with Crippen LogP contribution in [-0.4, -0.2) is 43.8 Å². The van der Waals surface area contributed by atoms with Crippen LogP contribution < -0.4 is 5.32 Å². The van der Waals surface area contributed by atoms with Crippen molar-refractivity contribution in [2.45, 2.75) is 19.5 Å². The van der Waals surface area contributed by atoms with Crippen molar-refractivity contribution in [2.75, 3.05) is 32.8 Å². The summed E-state index contributed by atoms with van der Waals surface area (Å²) in [6.45, 7) is 11.5. The minimum absolute atomic E-state index is 0.428. The molecule has 1 fully saturated rings. The summed E-state index contributed by atoms with van der Waals surface area (Å²) in [5.41, 5.74) is 2.46. The maximum absolute atomic E-state index is 5.64. The molecule has 0 spiro atoms. The van der Waals surface area contributed by atoms with Crippen LogP contribution in [0.25, 0.3) is 0 Å². The van der Waals surface area contributed by atoms with Gasteiger partial charge < -0.3 is 10.1 Å². The Balaban J connectivity index is 1.75. The summed E-state index contributed by atoms with van der Waals surface area (Å²) < 4.78 is 5.64. The number of benzene rings is 1. The average Bonchev–Trinajstić information content (AvgIpc) is 2.40. The molecular formula is C16H24N2O. The minimum atomic E-state index is 0.428. The van der Waals surface area contributed by atoms with Crippen molar-refractivity contribution >= 4 is 0 Å². The van der Waals surface area contributed by atoms with Gasteiger partial charge in [-0.3, -0.25) is 4.90 Å². The van der Waals surface area contributed by atoms with Gasteiger partial charge in [-0.25, -0.2) is 0 Å². The Morgan fingerprint density at radius 3 is 2.95 bits per heavy atom. The fraction of sp³-hybridized carbons (Fsp3) is 0.500. The zero-order valence-electron chi connectivity index (χ0n) is 11.8. The fourth-order valence-corrected chi connectivity index (χ4v) is 2.37. The smallest absolute Gasteiger partial charge is 0.0672 e. The van der Waals surface area contributed by atoms with Gasteiger partial charge in [0.1, 0.15) is 0 Å². The summed E-state index contributed by atoms with van der Waals surface area (Å²) in [6.07, 6.45) is 0. The highest BCUT2D eigenvalue weighted by Gasteiger charge is 2.19. The number of hydrogen-bond acceptors (Lipinski definition) is 3. The molecule has 0 bridgehead atoms. The average molecular weight is 260 g/mol. The first-order valence-electron chi connectivity index (χ1n) is 6.96. The highest BCUT2D eigenvalue weighted by molar-refractivity contribution is 5.14. The van der Waals surface area contributed by atoms with Gasteiger partial charge >= 0.3 is 0 Å². The normalized spacial score (nSPS) is 20.4. The molecule has 1 heterocycles. The van der Waals surface area contributed by atoms with E-state index in [1.807, 2.05) is 6.92 Å². The molecule has 1 aromatic carbocycles. The van der Waals surface area contributed by atoms with Crippen molar-refractivity contribution < 1.29 is 4.74 Å². The van der Waals surface area contributed by atoms with Crippen molar-refractivity contribution in [3.05, 3.63) is 48.0 Å². The molecule has 104 valence electrons. The predicted molar refractivity (Wildman–Crippen MR) is 79.1 cm³/mol. The van der Waals surface area contributed by atoms with Gasteiger partial charge in [-0.05, 0) is 12.5 Å². The van der Waals surface area contributed by atoms with Gasteiger partial charge in [0.2, 0.25) is 0 Å². The third-order valence-corrected chi connectivity index (χ3v) is 3.26. The molecule has 1 aliphatic heterocycles. The highest BCUT2D eigenvalue weighted by atomic mass is 16.5. The molecule has 0 unspecified atom stereocenters. The molecule has 0 aliphatic carbocycles. The standard InChI is InChI=1S/C16H24N2O/c1-14(2)12-19-13-16-11-18(9-8-17-16)10-15-6-4-3-5-7-15/h3-7,16-17H,1,8-13H2,2H3/t16-/m0/s1. The highest BCUT2D eigenvalue weighted by Crippen LogP contribution is 2.07. The van der Waals surface area contributed by atoms with Crippen molar-refractivity contribution in [3.8, 4) is 0 Å². The zero-order valence-corrected chi connectivity index (χ0v) is 11.8. The molecule has 0 aromatic heterocycles. The van der Waals surface area contributed by atoms with Gasteiger partial charge in [-0.15, -0.1) is 0 Å². The lowest BCUT2D eigenvalue weighted by Gasteiger charge is -2.33. The van der Waals surface area contributed by atoms with Crippen LogP contribution in [0.2, 0.25) is 0 Å². The van der Waals surface area contributed by atoms with Gasteiger partial charge in [0.25, 0.3) is 0 Å². The number of ether oxygens (including phenoxy) is 1. The van der Waals surface area contributed by atoms with Crippen molar-refractivity contribution in [3.63, 3.8) is 0 Å². The van der Waals surface area contributed by atoms with E-state index in [1.165, 1.54) is 5.56 Å². The Labute approximate surface area is 116 Å². The number of hydrogen-bond donors (Lipinski definition) is 1.